The molecule has 0 radical (unpaired) electrons. The van der Waals surface area contributed by atoms with Gasteiger partial charge in [0, 0.05) is 17.7 Å². The van der Waals surface area contributed by atoms with Gasteiger partial charge in [0.1, 0.15) is 18.1 Å². The lowest BCUT2D eigenvalue weighted by atomic mass is 10.1. The van der Waals surface area contributed by atoms with Crippen LogP contribution in [0.3, 0.4) is 0 Å². The van der Waals surface area contributed by atoms with Crippen LogP contribution in [0.25, 0.3) is 5.65 Å². The number of ether oxygens (including phenoxy) is 1. The quantitative estimate of drug-likeness (QED) is 0.543. The first-order chi connectivity index (χ1) is 14.4. The summed E-state index contributed by atoms with van der Waals surface area (Å²) in [7, 11) is 0. The molecule has 1 N–H and O–H groups in total. The maximum atomic E-state index is 12.7. The van der Waals surface area contributed by atoms with Gasteiger partial charge in [0.15, 0.2) is 5.65 Å². The predicted octanol–water partition coefficient (Wildman–Crippen LogP) is 4.04. The highest BCUT2D eigenvalue weighted by molar-refractivity contribution is 6.06. The van der Waals surface area contributed by atoms with Crippen molar-refractivity contribution in [3.8, 4) is 5.75 Å². The number of aromatic nitrogens is 2. The van der Waals surface area contributed by atoms with Crippen molar-refractivity contribution in [1.82, 2.24) is 9.56 Å². The van der Waals surface area contributed by atoms with Crippen LogP contribution in [-0.2, 0) is 6.61 Å². The number of carbonyl (C=O) groups is 1. The minimum atomic E-state index is -0.316. The number of rotatable bonds is 5. The zero-order chi connectivity index (χ0) is 21.3. The molecule has 7 nitrogen and oxygen atoms in total. The minimum absolute atomic E-state index is 0.0757. The normalized spacial score (nSPS) is 10.9. The smallest absolute Gasteiger partial charge is 0.287 e. The second-order valence-electron chi connectivity index (χ2n) is 7.14. The van der Waals surface area contributed by atoms with Crippen molar-refractivity contribution in [3.05, 3.63) is 93.1 Å². The first kappa shape index (κ1) is 19.4. The molecule has 0 spiro atoms. The van der Waals surface area contributed by atoms with Crippen LogP contribution >= 0.6 is 0 Å². The van der Waals surface area contributed by atoms with Gasteiger partial charge in [-0.2, -0.15) is 0 Å². The van der Waals surface area contributed by atoms with E-state index in [0.29, 0.717) is 34.1 Å². The molecule has 0 bridgehead atoms. The molecule has 0 fully saturated rings. The Hall–Kier alpha value is -3.87. The fourth-order valence-corrected chi connectivity index (χ4v) is 3.18. The van der Waals surface area contributed by atoms with Gasteiger partial charge in [0.05, 0.1) is 11.4 Å². The first-order valence-corrected chi connectivity index (χ1v) is 9.51. The van der Waals surface area contributed by atoms with Crippen molar-refractivity contribution in [2.75, 3.05) is 5.32 Å². The third kappa shape index (κ3) is 3.96. The van der Waals surface area contributed by atoms with Crippen LogP contribution in [0.15, 0.2) is 63.9 Å². The highest BCUT2D eigenvalue weighted by atomic mass is 16.5. The van der Waals surface area contributed by atoms with E-state index in [4.69, 9.17) is 9.26 Å². The predicted molar refractivity (Wildman–Crippen MR) is 113 cm³/mol. The zero-order valence-electron chi connectivity index (χ0n) is 16.9. The zero-order valence-corrected chi connectivity index (χ0v) is 16.9. The molecule has 1 amide bonds. The Morgan fingerprint density at radius 1 is 1.10 bits per heavy atom. The van der Waals surface area contributed by atoms with Crippen LogP contribution in [0.1, 0.15) is 32.9 Å². The number of amides is 1. The first-order valence-electron chi connectivity index (χ1n) is 9.51. The van der Waals surface area contributed by atoms with E-state index < -0.39 is 0 Å². The van der Waals surface area contributed by atoms with Gasteiger partial charge in [0.2, 0.25) is 0 Å². The number of benzene rings is 2. The molecule has 0 aliphatic carbocycles. The van der Waals surface area contributed by atoms with Crippen LogP contribution in [0.5, 0.6) is 5.75 Å². The van der Waals surface area contributed by atoms with Gasteiger partial charge >= 0.3 is 0 Å². The number of anilines is 1. The molecule has 4 rings (SSSR count). The van der Waals surface area contributed by atoms with Gasteiger partial charge in [-0.3, -0.25) is 9.59 Å². The van der Waals surface area contributed by atoms with Crippen molar-refractivity contribution < 1.29 is 14.1 Å². The van der Waals surface area contributed by atoms with E-state index in [2.05, 4.69) is 10.3 Å². The van der Waals surface area contributed by atoms with Crippen LogP contribution in [-0.4, -0.2) is 15.5 Å². The second-order valence-corrected chi connectivity index (χ2v) is 7.14. The lowest BCUT2D eigenvalue weighted by Crippen LogP contribution is -2.16. The molecule has 0 saturated carbocycles. The Kier molecular flexibility index (Phi) is 5.10. The molecule has 2 aromatic carbocycles. The number of nitrogens with zero attached hydrogens (tertiary/aromatic N) is 2. The summed E-state index contributed by atoms with van der Waals surface area (Å²) in [5.74, 6) is 0.875. The molecule has 2 aromatic heterocycles. The molecule has 0 aliphatic rings. The van der Waals surface area contributed by atoms with Crippen LogP contribution in [0.2, 0.25) is 0 Å². The molecule has 152 valence electrons. The highest BCUT2D eigenvalue weighted by Gasteiger charge is 2.13. The van der Waals surface area contributed by atoms with Gasteiger partial charge < -0.3 is 14.6 Å². The van der Waals surface area contributed by atoms with Gasteiger partial charge in [-0.15, -0.1) is 4.57 Å². The molecule has 30 heavy (non-hydrogen) atoms. The molecule has 7 heteroatoms. The van der Waals surface area contributed by atoms with E-state index in [1.807, 2.05) is 44.2 Å². The van der Waals surface area contributed by atoms with Crippen LogP contribution in [0.4, 0.5) is 5.69 Å². The standard InChI is InChI=1S/C23H21N3O4/c1-14-8-9-20(19(10-14)25-23(28)18-7-5-4-6-15(18)2)29-13-17-12-22(27)26-21(24-17)11-16(3)30-26/h4-12H,13H2,1-3H3,(H,25,28). The Balaban J connectivity index is 1.57. The molecule has 0 saturated heterocycles. The van der Waals surface area contributed by atoms with Gasteiger partial charge in [0.25, 0.3) is 11.5 Å². The molecule has 0 atom stereocenters. The maximum absolute atomic E-state index is 12.7. The Morgan fingerprint density at radius 2 is 1.90 bits per heavy atom. The van der Waals surface area contributed by atoms with E-state index >= 15 is 0 Å². The summed E-state index contributed by atoms with van der Waals surface area (Å²) >= 11 is 0. The average molecular weight is 403 g/mol. The van der Waals surface area contributed by atoms with E-state index in [9.17, 15) is 9.59 Å². The van der Waals surface area contributed by atoms with Crippen molar-refractivity contribution in [2.45, 2.75) is 27.4 Å². The molecule has 0 unspecified atom stereocenters. The van der Waals surface area contributed by atoms with E-state index in [-0.39, 0.29) is 18.1 Å². The second kappa shape index (κ2) is 7.87. The highest BCUT2D eigenvalue weighted by Crippen LogP contribution is 2.27. The number of aryl methyl sites for hydroxylation is 3. The largest absolute Gasteiger partial charge is 0.485 e. The summed E-state index contributed by atoms with van der Waals surface area (Å²) in [6.07, 6.45) is 0. The molecule has 4 aromatic rings. The number of fused-ring (bicyclic) bond motifs is 1. The number of hydrogen-bond acceptors (Lipinski definition) is 5. The summed E-state index contributed by atoms with van der Waals surface area (Å²) in [4.78, 5) is 29.3. The van der Waals surface area contributed by atoms with E-state index in [1.54, 1.807) is 25.1 Å². The molecular weight excluding hydrogens is 382 g/mol. The SMILES string of the molecule is Cc1ccc(OCc2cc(=O)n3oc(C)cc3n2)c(NC(=O)c2ccccc2C)c1. The molecular formula is C23H21N3O4. The van der Waals surface area contributed by atoms with Gasteiger partial charge in [-0.05, 0) is 50.1 Å². The van der Waals surface area contributed by atoms with Crippen LogP contribution in [0, 0.1) is 20.8 Å². The summed E-state index contributed by atoms with van der Waals surface area (Å²) in [5, 5.41) is 2.92. The number of carbonyl (C=O) groups excluding carboxylic acids is 1. The van der Waals surface area contributed by atoms with E-state index in [0.717, 1.165) is 15.7 Å². The Labute approximate surface area is 172 Å². The third-order valence-electron chi connectivity index (χ3n) is 4.67. The Bertz CT molecular complexity index is 1300. The van der Waals surface area contributed by atoms with Gasteiger partial charge in [-0.25, -0.2) is 4.98 Å². The minimum Gasteiger partial charge on any atom is -0.485 e. The lowest BCUT2D eigenvalue weighted by molar-refractivity contribution is 0.102. The monoisotopic (exact) mass is 403 g/mol. The fourth-order valence-electron chi connectivity index (χ4n) is 3.18. The summed E-state index contributed by atoms with van der Waals surface area (Å²) in [5.41, 5.74) is 3.60. The van der Waals surface area contributed by atoms with E-state index in [1.165, 1.54) is 6.07 Å². The lowest BCUT2D eigenvalue weighted by Gasteiger charge is -2.14. The van der Waals surface area contributed by atoms with Crippen LogP contribution < -0.4 is 15.6 Å². The summed E-state index contributed by atoms with van der Waals surface area (Å²) < 4.78 is 12.3. The van der Waals surface area contributed by atoms with Crippen molar-refractivity contribution in [2.24, 2.45) is 0 Å². The fraction of sp³-hybridized carbons (Fsp3) is 0.174. The molecule has 2 heterocycles. The Morgan fingerprint density at radius 3 is 2.70 bits per heavy atom. The number of hydrogen-bond donors (Lipinski definition) is 1. The van der Waals surface area contributed by atoms with Crippen molar-refractivity contribution in [1.29, 1.82) is 0 Å². The topological polar surface area (TPSA) is 85.8 Å². The molecule has 0 aliphatic heterocycles. The third-order valence-corrected chi connectivity index (χ3v) is 4.67. The number of nitrogens with one attached hydrogen (secondary N) is 1. The van der Waals surface area contributed by atoms with Crippen molar-refractivity contribution >= 4 is 17.2 Å². The summed E-state index contributed by atoms with van der Waals surface area (Å²) in [6.45, 7) is 5.65. The van der Waals surface area contributed by atoms with Gasteiger partial charge in [-0.1, -0.05) is 24.3 Å². The summed E-state index contributed by atoms with van der Waals surface area (Å²) in [6, 6.07) is 16.0. The maximum Gasteiger partial charge on any atom is 0.287 e. The van der Waals surface area contributed by atoms with Crippen molar-refractivity contribution in [3.63, 3.8) is 0 Å². The average Bonchev–Trinajstić information content (AvgIpc) is 3.08.